The van der Waals surface area contributed by atoms with Crippen molar-refractivity contribution >= 4 is 27.5 Å². The number of anilines is 1. The Labute approximate surface area is 209 Å². The molecule has 0 aliphatic carbocycles. The number of hydrogen-bond donors (Lipinski definition) is 1. The van der Waals surface area contributed by atoms with Crippen molar-refractivity contribution in [1.29, 1.82) is 0 Å². The zero-order valence-corrected chi connectivity index (χ0v) is 22.3. The Morgan fingerprint density at radius 3 is 2.34 bits per heavy atom. The van der Waals surface area contributed by atoms with Crippen molar-refractivity contribution in [3.8, 4) is 5.75 Å². The lowest BCUT2D eigenvalue weighted by atomic mass is 10.1. The van der Waals surface area contributed by atoms with E-state index in [1.165, 1.54) is 4.90 Å². The van der Waals surface area contributed by atoms with Gasteiger partial charge in [0.2, 0.25) is 21.8 Å². The standard InChI is InChI=1S/C26H37N3O5S/c1-7-20(4)27-26(31)21(5)28(17-22-13-11-12-19(3)16-22)25(30)18-29(35(6,32)33)23-14-9-10-15-24(23)34-8-2/h9-16,20-21H,7-8,17-18H2,1-6H3,(H,27,31)/t20-,21-/m0/s1. The molecule has 0 saturated carbocycles. The maximum atomic E-state index is 13.6. The molecular weight excluding hydrogens is 466 g/mol. The molecule has 2 atom stereocenters. The number of carbonyl (C=O) groups excluding carboxylic acids is 2. The highest BCUT2D eigenvalue weighted by molar-refractivity contribution is 7.92. The van der Waals surface area contributed by atoms with Crippen LogP contribution in [0.15, 0.2) is 48.5 Å². The van der Waals surface area contributed by atoms with Crippen molar-refractivity contribution in [2.45, 2.75) is 59.7 Å². The summed E-state index contributed by atoms with van der Waals surface area (Å²) in [6.07, 6.45) is 1.80. The second-order valence-electron chi connectivity index (χ2n) is 8.67. The Morgan fingerprint density at radius 1 is 1.06 bits per heavy atom. The number of nitrogens with zero attached hydrogens (tertiary/aromatic N) is 2. The van der Waals surface area contributed by atoms with Crippen LogP contribution in [-0.4, -0.2) is 56.6 Å². The van der Waals surface area contributed by atoms with Crippen molar-refractivity contribution < 1.29 is 22.7 Å². The molecule has 1 N–H and O–H groups in total. The number of sulfonamides is 1. The highest BCUT2D eigenvalue weighted by Crippen LogP contribution is 2.30. The van der Waals surface area contributed by atoms with E-state index in [4.69, 9.17) is 4.74 Å². The van der Waals surface area contributed by atoms with E-state index >= 15 is 0 Å². The van der Waals surface area contributed by atoms with Gasteiger partial charge in [0.15, 0.2) is 0 Å². The van der Waals surface area contributed by atoms with E-state index in [2.05, 4.69) is 5.32 Å². The largest absolute Gasteiger partial charge is 0.492 e. The first-order valence-electron chi connectivity index (χ1n) is 11.8. The summed E-state index contributed by atoms with van der Waals surface area (Å²) in [4.78, 5) is 28.0. The summed E-state index contributed by atoms with van der Waals surface area (Å²) in [5, 5.41) is 2.92. The number of hydrogen-bond acceptors (Lipinski definition) is 5. The third kappa shape index (κ3) is 7.99. The summed E-state index contributed by atoms with van der Waals surface area (Å²) in [6.45, 7) is 9.31. The molecule has 0 aromatic heterocycles. The average molecular weight is 504 g/mol. The number of nitrogens with one attached hydrogen (secondary N) is 1. The monoisotopic (exact) mass is 503 g/mol. The van der Waals surface area contributed by atoms with Gasteiger partial charge in [0.1, 0.15) is 18.3 Å². The first kappa shape index (κ1) is 28.2. The fourth-order valence-electron chi connectivity index (χ4n) is 3.59. The maximum Gasteiger partial charge on any atom is 0.244 e. The number of para-hydroxylation sites is 2. The normalized spacial score (nSPS) is 13.0. The molecule has 8 nitrogen and oxygen atoms in total. The molecule has 9 heteroatoms. The minimum atomic E-state index is -3.83. The molecule has 0 unspecified atom stereocenters. The molecule has 0 bridgehead atoms. The van der Waals surface area contributed by atoms with Gasteiger partial charge in [-0.25, -0.2) is 8.42 Å². The molecule has 192 valence electrons. The molecule has 35 heavy (non-hydrogen) atoms. The molecule has 0 spiro atoms. The molecule has 2 aromatic carbocycles. The van der Waals surface area contributed by atoms with Crippen LogP contribution in [0.1, 0.15) is 45.2 Å². The van der Waals surface area contributed by atoms with Crippen LogP contribution in [0.5, 0.6) is 5.75 Å². The second-order valence-corrected chi connectivity index (χ2v) is 10.6. The highest BCUT2D eigenvalue weighted by Gasteiger charge is 2.31. The van der Waals surface area contributed by atoms with Crippen LogP contribution in [0.4, 0.5) is 5.69 Å². The number of carbonyl (C=O) groups is 2. The van der Waals surface area contributed by atoms with Gasteiger partial charge in [-0.15, -0.1) is 0 Å². The Hall–Kier alpha value is -3.07. The number of benzene rings is 2. The smallest absolute Gasteiger partial charge is 0.244 e. The van der Waals surface area contributed by atoms with Crippen LogP contribution in [0.3, 0.4) is 0 Å². The maximum absolute atomic E-state index is 13.6. The van der Waals surface area contributed by atoms with E-state index in [0.29, 0.717) is 12.4 Å². The molecule has 0 saturated heterocycles. The second kappa shape index (κ2) is 12.6. The van der Waals surface area contributed by atoms with Crippen molar-refractivity contribution in [2.24, 2.45) is 0 Å². The third-order valence-electron chi connectivity index (χ3n) is 5.72. The molecule has 2 rings (SSSR count). The van der Waals surface area contributed by atoms with Crippen LogP contribution in [0.2, 0.25) is 0 Å². The Morgan fingerprint density at radius 2 is 1.74 bits per heavy atom. The Balaban J connectivity index is 2.43. The van der Waals surface area contributed by atoms with Crippen molar-refractivity contribution in [3.05, 3.63) is 59.7 Å². The summed E-state index contributed by atoms with van der Waals surface area (Å²) < 4.78 is 32.2. The van der Waals surface area contributed by atoms with Gasteiger partial charge in [0, 0.05) is 12.6 Å². The van der Waals surface area contributed by atoms with E-state index in [0.717, 1.165) is 28.1 Å². The number of amides is 2. The van der Waals surface area contributed by atoms with Crippen molar-refractivity contribution in [2.75, 3.05) is 23.7 Å². The van der Waals surface area contributed by atoms with E-state index < -0.39 is 28.5 Å². The van der Waals surface area contributed by atoms with Gasteiger partial charge in [-0.1, -0.05) is 48.9 Å². The van der Waals surface area contributed by atoms with Gasteiger partial charge < -0.3 is 15.0 Å². The summed E-state index contributed by atoms with van der Waals surface area (Å²) in [6, 6.07) is 13.5. The van der Waals surface area contributed by atoms with E-state index in [-0.39, 0.29) is 24.2 Å². The van der Waals surface area contributed by atoms with E-state index in [1.807, 2.05) is 45.0 Å². The van der Waals surface area contributed by atoms with Gasteiger partial charge in [-0.05, 0) is 51.8 Å². The Bertz CT molecular complexity index is 1120. The SMILES string of the molecule is CCOc1ccccc1N(CC(=O)N(Cc1cccc(C)c1)[C@@H](C)C(=O)N[C@@H](C)CC)S(C)(=O)=O. The minimum absolute atomic E-state index is 0.0496. The number of aryl methyl sites for hydroxylation is 1. The average Bonchev–Trinajstić information content (AvgIpc) is 2.80. The molecule has 0 heterocycles. The Kier molecular flexibility index (Phi) is 10.1. The molecular formula is C26H37N3O5S. The van der Waals surface area contributed by atoms with Gasteiger partial charge >= 0.3 is 0 Å². The van der Waals surface area contributed by atoms with Gasteiger partial charge in [0.05, 0.1) is 18.6 Å². The molecule has 0 fully saturated rings. The lowest BCUT2D eigenvalue weighted by Gasteiger charge is -2.32. The lowest BCUT2D eigenvalue weighted by Crippen LogP contribution is -2.52. The van der Waals surface area contributed by atoms with Crippen LogP contribution < -0.4 is 14.4 Å². The molecule has 0 radical (unpaired) electrons. The number of rotatable bonds is 12. The van der Waals surface area contributed by atoms with Crippen molar-refractivity contribution in [3.63, 3.8) is 0 Å². The summed E-state index contributed by atoms with van der Waals surface area (Å²) in [7, 11) is -3.83. The summed E-state index contributed by atoms with van der Waals surface area (Å²) >= 11 is 0. The van der Waals surface area contributed by atoms with Gasteiger partial charge in [0.25, 0.3) is 0 Å². The molecule has 0 aliphatic rings. The zero-order chi connectivity index (χ0) is 26.2. The van der Waals surface area contributed by atoms with Crippen LogP contribution in [-0.2, 0) is 26.2 Å². The van der Waals surface area contributed by atoms with Crippen LogP contribution in [0.25, 0.3) is 0 Å². The van der Waals surface area contributed by atoms with Gasteiger partial charge in [-0.2, -0.15) is 0 Å². The van der Waals surface area contributed by atoms with Crippen LogP contribution >= 0.6 is 0 Å². The minimum Gasteiger partial charge on any atom is -0.492 e. The third-order valence-corrected chi connectivity index (χ3v) is 6.84. The molecule has 0 aliphatic heterocycles. The first-order chi connectivity index (χ1) is 16.5. The predicted molar refractivity (Wildman–Crippen MR) is 139 cm³/mol. The quantitative estimate of drug-likeness (QED) is 0.478. The topological polar surface area (TPSA) is 96.0 Å². The number of ether oxygens (including phenoxy) is 1. The fraction of sp³-hybridized carbons (Fsp3) is 0.462. The molecule has 2 amide bonds. The predicted octanol–water partition coefficient (Wildman–Crippen LogP) is 3.49. The van der Waals surface area contributed by atoms with E-state index in [1.54, 1.807) is 38.1 Å². The van der Waals surface area contributed by atoms with Crippen molar-refractivity contribution in [1.82, 2.24) is 10.2 Å². The zero-order valence-electron chi connectivity index (χ0n) is 21.4. The summed E-state index contributed by atoms with van der Waals surface area (Å²) in [5.74, 6) is -0.419. The van der Waals surface area contributed by atoms with Gasteiger partial charge in [-0.3, -0.25) is 13.9 Å². The highest BCUT2D eigenvalue weighted by atomic mass is 32.2. The van der Waals surface area contributed by atoms with Crippen LogP contribution in [0, 0.1) is 6.92 Å². The summed E-state index contributed by atoms with van der Waals surface area (Å²) in [5.41, 5.74) is 2.15. The first-order valence-corrected chi connectivity index (χ1v) is 13.7. The van der Waals surface area contributed by atoms with E-state index in [9.17, 15) is 18.0 Å². The molecule has 2 aromatic rings. The lowest BCUT2D eigenvalue weighted by molar-refractivity contribution is -0.139. The fourth-order valence-corrected chi connectivity index (χ4v) is 4.44.